The molecule has 0 aliphatic rings. The quantitative estimate of drug-likeness (QED) is 0.167. The molecule has 59 heavy (non-hydrogen) atoms. The van der Waals surface area contributed by atoms with Gasteiger partial charge in [-0.25, -0.2) is 0 Å². The van der Waals surface area contributed by atoms with E-state index in [0.717, 1.165) is 0 Å². The van der Waals surface area contributed by atoms with Crippen molar-refractivity contribution < 1.29 is 0 Å². The summed E-state index contributed by atoms with van der Waals surface area (Å²) >= 11 is 0. The van der Waals surface area contributed by atoms with Crippen molar-refractivity contribution in [3.05, 3.63) is 188 Å². The number of para-hydroxylation sites is 4. The highest BCUT2D eigenvalue weighted by molar-refractivity contribution is 6.35. The van der Waals surface area contributed by atoms with Crippen molar-refractivity contribution in [3.63, 3.8) is 0 Å². The van der Waals surface area contributed by atoms with Crippen LogP contribution in [0.15, 0.2) is 188 Å². The number of hydrogen-bond acceptors (Lipinski definition) is 0. The topological polar surface area (TPSA) is 13.8 Å². The third kappa shape index (κ3) is 3.66. The summed E-state index contributed by atoms with van der Waals surface area (Å²) in [5, 5.41) is 18.1. The van der Waals surface area contributed by atoms with Crippen LogP contribution in [0.4, 0.5) is 0 Å². The van der Waals surface area contributed by atoms with Crippen molar-refractivity contribution in [1.29, 1.82) is 0 Å². The van der Waals surface area contributed by atoms with Gasteiger partial charge in [-0.2, -0.15) is 0 Å². The van der Waals surface area contributed by atoms with E-state index >= 15 is 0 Å². The number of hydrogen-bond donors (Lipinski definition) is 0. The van der Waals surface area contributed by atoms with Gasteiger partial charge in [0.2, 0.25) is 0 Å². The van der Waals surface area contributed by atoms with Gasteiger partial charge in [-0.05, 0) is 87.8 Å². The van der Waals surface area contributed by atoms with Crippen LogP contribution in [0.1, 0.15) is 0 Å². The first-order valence-corrected chi connectivity index (χ1v) is 20.5. The lowest BCUT2D eigenvalue weighted by Crippen LogP contribution is -1.93. The SMILES string of the molecule is c1ccc(-n2c3ccccc3c3cc(-c4cccc5c6cc7ccccc7c7c8cc9c(cc8n(c45)c67)c4cccc5c6cc7ccccc7cc6n9c54)ccc32)cc1. The van der Waals surface area contributed by atoms with Gasteiger partial charge in [0.05, 0.1) is 44.1 Å². The van der Waals surface area contributed by atoms with E-state index in [9.17, 15) is 0 Å². The molecule has 0 saturated carbocycles. The van der Waals surface area contributed by atoms with Crippen LogP contribution >= 0.6 is 0 Å². The summed E-state index contributed by atoms with van der Waals surface area (Å²) < 4.78 is 7.55. The molecule has 0 atom stereocenters. The maximum Gasteiger partial charge on any atom is 0.0627 e. The molecule has 0 bridgehead atoms. The summed E-state index contributed by atoms with van der Waals surface area (Å²) in [7, 11) is 0. The highest BCUT2D eigenvalue weighted by Gasteiger charge is 2.25. The third-order valence-corrected chi connectivity index (χ3v) is 13.6. The van der Waals surface area contributed by atoms with Crippen LogP contribution in [-0.4, -0.2) is 13.4 Å². The van der Waals surface area contributed by atoms with Gasteiger partial charge in [0.25, 0.3) is 0 Å². The maximum atomic E-state index is 2.61. The largest absolute Gasteiger partial charge is 0.309 e. The minimum Gasteiger partial charge on any atom is -0.309 e. The second-order valence-corrected chi connectivity index (χ2v) is 16.5. The van der Waals surface area contributed by atoms with Crippen molar-refractivity contribution in [3.8, 4) is 16.8 Å². The van der Waals surface area contributed by atoms with Gasteiger partial charge in [0.1, 0.15) is 0 Å². The molecule has 0 unspecified atom stereocenters. The van der Waals surface area contributed by atoms with E-state index in [-0.39, 0.29) is 0 Å². The summed E-state index contributed by atoms with van der Waals surface area (Å²) in [6, 6.07) is 70.4. The Balaban J connectivity index is 1.10. The van der Waals surface area contributed by atoms with Crippen molar-refractivity contribution in [2.75, 3.05) is 0 Å². The molecule has 5 heterocycles. The van der Waals surface area contributed by atoms with E-state index in [1.165, 1.54) is 136 Å². The van der Waals surface area contributed by atoms with Crippen LogP contribution in [0, 0.1) is 0 Å². The summed E-state index contributed by atoms with van der Waals surface area (Å²) in [6.45, 7) is 0. The van der Waals surface area contributed by atoms with E-state index in [4.69, 9.17) is 0 Å². The normalized spacial score (nSPS) is 12.7. The lowest BCUT2D eigenvalue weighted by Gasteiger charge is -2.09. The second-order valence-electron chi connectivity index (χ2n) is 16.5. The third-order valence-electron chi connectivity index (χ3n) is 13.6. The van der Waals surface area contributed by atoms with Crippen molar-refractivity contribution in [1.82, 2.24) is 13.4 Å². The molecule has 0 saturated heterocycles. The lowest BCUT2D eigenvalue weighted by atomic mass is 9.97. The fourth-order valence-corrected chi connectivity index (χ4v) is 11.2. The Hall–Kier alpha value is -7.88. The first-order valence-electron chi connectivity index (χ1n) is 20.5. The van der Waals surface area contributed by atoms with Gasteiger partial charge < -0.3 is 13.4 Å². The van der Waals surface area contributed by atoms with Gasteiger partial charge >= 0.3 is 0 Å². The Morgan fingerprint density at radius 2 is 0.847 bits per heavy atom. The van der Waals surface area contributed by atoms with Crippen LogP contribution in [0.2, 0.25) is 0 Å². The fraction of sp³-hybridized carbons (Fsp3) is 0. The van der Waals surface area contributed by atoms with Crippen LogP contribution in [0.5, 0.6) is 0 Å². The molecule has 0 aliphatic carbocycles. The first-order chi connectivity index (χ1) is 29.3. The van der Waals surface area contributed by atoms with Gasteiger partial charge in [0.15, 0.2) is 0 Å². The molecule has 0 spiro atoms. The number of nitrogens with zero attached hydrogens (tertiary/aromatic N) is 3. The minimum atomic E-state index is 1.17. The molecule has 15 rings (SSSR count). The Morgan fingerprint density at radius 1 is 0.271 bits per heavy atom. The van der Waals surface area contributed by atoms with E-state index in [0.29, 0.717) is 0 Å². The lowest BCUT2D eigenvalue weighted by molar-refractivity contribution is 1.18. The Morgan fingerprint density at radius 3 is 1.69 bits per heavy atom. The summed E-state index contributed by atoms with van der Waals surface area (Å²) in [4.78, 5) is 0. The van der Waals surface area contributed by atoms with E-state index < -0.39 is 0 Å². The molecule has 0 N–H and O–H groups in total. The van der Waals surface area contributed by atoms with Crippen LogP contribution in [0.3, 0.4) is 0 Å². The minimum absolute atomic E-state index is 1.17. The Labute approximate surface area is 336 Å². The van der Waals surface area contributed by atoms with E-state index in [2.05, 4.69) is 201 Å². The number of rotatable bonds is 2. The summed E-state index contributed by atoms with van der Waals surface area (Å²) in [6.07, 6.45) is 0. The molecule has 10 aromatic carbocycles. The zero-order valence-electron chi connectivity index (χ0n) is 31.7. The molecular weight excluding hydrogens is 715 g/mol. The number of fused-ring (bicyclic) bond motifs is 18. The maximum absolute atomic E-state index is 2.61. The number of benzene rings is 10. The van der Waals surface area contributed by atoms with Crippen molar-refractivity contribution >= 4 is 120 Å². The molecule has 0 amide bonds. The van der Waals surface area contributed by atoms with Crippen LogP contribution in [-0.2, 0) is 0 Å². The molecule has 270 valence electrons. The average Bonchev–Trinajstić information content (AvgIpc) is 4.07. The van der Waals surface area contributed by atoms with Crippen molar-refractivity contribution in [2.24, 2.45) is 0 Å². The van der Waals surface area contributed by atoms with Gasteiger partial charge in [-0.1, -0.05) is 127 Å². The number of aromatic nitrogens is 3. The molecule has 3 nitrogen and oxygen atoms in total. The average molecular weight is 746 g/mol. The van der Waals surface area contributed by atoms with E-state index in [1.807, 2.05) is 0 Å². The Bertz CT molecular complexity index is 4290. The monoisotopic (exact) mass is 745 g/mol. The van der Waals surface area contributed by atoms with Crippen molar-refractivity contribution in [2.45, 2.75) is 0 Å². The highest BCUT2D eigenvalue weighted by atomic mass is 15.0. The zero-order valence-corrected chi connectivity index (χ0v) is 31.7. The Kier molecular flexibility index (Phi) is 5.41. The predicted octanol–water partition coefficient (Wildman–Crippen LogP) is 15.1. The standard InChI is InChI=1S/C56H31N3/c1-2-15-36(16-3-1)57-48-23-9-8-18-39(48)43-27-35(24-25-49(43)57)38-19-10-22-42-46-28-34-14-6-7-17-37(34)53-47-31-51-45(30-52(47)59(54(38)42)56(46)53)41-21-11-20-40-44-26-32-12-4-5-13-33(32)29-50(44)58(51)55(40)41/h1-31H. The molecule has 15 aromatic rings. The molecular formula is C56H31N3. The van der Waals surface area contributed by atoms with E-state index in [1.54, 1.807) is 0 Å². The smallest absolute Gasteiger partial charge is 0.0627 e. The van der Waals surface area contributed by atoms with Gasteiger partial charge in [-0.15, -0.1) is 0 Å². The zero-order chi connectivity index (χ0) is 38.1. The first kappa shape index (κ1) is 30.3. The summed E-state index contributed by atoms with van der Waals surface area (Å²) in [5.41, 5.74) is 13.7. The van der Waals surface area contributed by atoms with Gasteiger partial charge in [-0.3, -0.25) is 0 Å². The molecule has 3 heteroatoms. The second kappa shape index (κ2) is 10.5. The van der Waals surface area contributed by atoms with Gasteiger partial charge in [0, 0.05) is 65.1 Å². The van der Waals surface area contributed by atoms with Crippen LogP contribution in [0.25, 0.3) is 136 Å². The molecule has 0 fully saturated rings. The molecule has 0 radical (unpaired) electrons. The van der Waals surface area contributed by atoms with Crippen LogP contribution < -0.4 is 0 Å². The molecule has 5 aromatic heterocycles. The summed E-state index contributed by atoms with van der Waals surface area (Å²) in [5.74, 6) is 0. The predicted molar refractivity (Wildman–Crippen MR) is 251 cm³/mol. The molecule has 0 aliphatic heterocycles. The fourth-order valence-electron chi connectivity index (χ4n) is 11.2. The highest BCUT2D eigenvalue weighted by Crippen LogP contribution is 2.49.